The first-order valence-corrected chi connectivity index (χ1v) is 32.6. The monoisotopic (exact) mass is 1010 g/mol. The van der Waals surface area contributed by atoms with Gasteiger partial charge in [-0.3, -0.25) is 9.59 Å². The summed E-state index contributed by atoms with van der Waals surface area (Å²) in [5.74, 6) is -0.0478. The maximum atomic E-state index is 12.4. The average molecular weight is 1010 g/mol. The summed E-state index contributed by atoms with van der Waals surface area (Å²) in [4.78, 5) is 24.5. The number of esters is 1. The molecule has 6 heteroatoms. The highest BCUT2D eigenvalue weighted by Crippen LogP contribution is 2.18. The number of ether oxygens (including phenoxy) is 1. The standard InChI is InChI=1S/C66H127NO5/c1-3-5-7-9-11-13-15-17-36-40-44-48-52-56-60-66(71)72-61-57-53-49-45-41-37-34-32-30-28-26-24-22-20-18-19-21-23-25-27-29-31-33-35-39-43-47-51-55-59-65(70)67-63(62-68)64(69)58-54-50-46-42-38-16-14-12-10-8-6-4-2/h18,20,54,58,63-64,68-69H,3-17,19,21-53,55-57,59-62H2,1-2H3,(H,67,70)/b20-18-,58-54+. The van der Waals surface area contributed by atoms with Crippen LogP contribution < -0.4 is 5.32 Å². The summed E-state index contributed by atoms with van der Waals surface area (Å²) in [6, 6.07) is -0.626. The van der Waals surface area contributed by atoms with Crippen molar-refractivity contribution in [3.05, 3.63) is 24.3 Å². The quantitative estimate of drug-likeness (QED) is 0.0320. The Morgan fingerprint density at radius 1 is 0.375 bits per heavy atom. The van der Waals surface area contributed by atoms with Gasteiger partial charge in [0.15, 0.2) is 0 Å². The maximum absolute atomic E-state index is 12.4. The highest BCUT2D eigenvalue weighted by molar-refractivity contribution is 5.76. The Balaban J connectivity index is 3.36. The number of rotatable bonds is 61. The summed E-state index contributed by atoms with van der Waals surface area (Å²) in [5.41, 5.74) is 0. The van der Waals surface area contributed by atoms with Gasteiger partial charge in [0.25, 0.3) is 0 Å². The largest absolute Gasteiger partial charge is 0.466 e. The first-order chi connectivity index (χ1) is 35.5. The SMILES string of the molecule is CCCCCCCCCCCC/C=C/C(O)C(CO)NC(=O)CCCCCCCCCCCCCCC/C=C\CCCCCCCCCCCCCCOC(=O)CCCCCCCCCCCCCCCC. The number of aliphatic hydroxyl groups is 2. The number of allylic oxidation sites excluding steroid dienone is 3. The van der Waals surface area contributed by atoms with Gasteiger partial charge in [0.05, 0.1) is 25.4 Å². The Hall–Kier alpha value is -1.66. The van der Waals surface area contributed by atoms with Crippen LogP contribution in [0.1, 0.15) is 361 Å². The average Bonchev–Trinajstić information content (AvgIpc) is 3.38. The number of amides is 1. The highest BCUT2D eigenvalue weighted by atomic mass is 16.5. The Morgan fingerprint density at radius 3 is 0.986 bits per heavy atom. The van der Waals surface area contributed by atoms with Crippen molar-refractivity contribution < 1.29 is 24.5 Å². The lowest BCUT2D eigenvalue weighted by atomic mass is 10.0. The number of unbranched alkanes of at least 4 members (excludes halogenated alkanes) is 48. The van der Waals surface area contributed by atoms with E-state index in [1.807, 2.05) is 6.08 Å². The molecule has 0 aliphatic carbocycles. The van der Waals surface area contributed by atoms with Crippen LogP contribution >= 0.6 is 0 Å². The van der Waals surface area contributed by atoms with Crippen molar-refractivity contribution in [1.82, 2.24) is 5.32 Å². The summed E-state index contributed by atoms with van der Waals surface area (Å²) >= 11 is 0. The molecule has 2 unspecified atom stereocenters. The smallest absolute Gasteiger partial charge is 0.305 e. The van der Waals surface area contributed by atoms with E-state index < -0.39 is 12.1 Å². The Morgan fingerprint density at radius 2 is 0.653 bits per heavy atom. The lowest BCUT2D eigenvalue weighted by molar-refractivity contribution is -0.143. The molecule has 1 amide bonds. The van der Waals surface area contributed by atoms with Gasteiger partial charge in [-0.2, -0.15) is 0 Å². The van der Waals surface area contributed by atoms with E-state index in [2.05, 4.69) is 31.3 Å². The Labute approximate surface area is 450 Å². The van der Waals surface area contributed by atoms with E-state index >= 15 is 0 Å². The third-order valence-corrected chi connectivity index (χ3v) is 15.2. The first-order valence-electron chi connectivity index (χ1n) is 32.6. The molecule has 426 valence electrons. The van der Waals surface area contributed by atoms with Gasteiger partial charge in [-0.1, -0.05) is 314 Å². The van der Waals surface area contributed by atoms with Crippen molar-refractivity contribution in [3.8, 4) is 0 Å². The minimum Gasteiger partial charge on any atom is -0.466 e. The van der Waals surface area contributed by atoms with Gasteiger partial charge >= 0.3 is 5.97 Å². The van der Waals surface area contributed by atoms with E-state index in [1.165, 1.54) is 295 Å². The van der Waals surface area contributed by atoms with E-state index in [4.69, 9.17) is 4.74 Å². The lowest BCUT2D eigenvalue weighted by Crippen LogP contribution is -2.45. The predicted molar refractivity (Wildman–Crippen MR) is 315 cm³/mol. The maximum Gasteiger partial charge on any atom is 0.305 e. The van der Waals surface area contributed by atoms with E-state index in [0.717, 1.165) is 38.5 Å². The number of hydrogen-bond acceptors (Lipinski definition) is 5. The highest BCUT2D eigenvalue weighted by Gasteiger charge is 2.18. The molecule has 0 saturated carbocycles. The van der Waals surface area contributed by atoms with Gasteiger partial charge in [-0.15, -0.1) is 0 Å². The predicted octanol–water partition coefficient (Wildman–Crippen LogP) is 20.6. The van der Waals surface area contributed by atoms with Gasteiger partial charge in [0.2, 0.25) is 5.91 Å². The molecular weight excluding hydrogens is 887 g/mol. The molecule has 3 N–H and O–H groups in total. The fraction of sp³-hybridized carbons (Fsp3) is 0.909. The second kappa shape index (κ2) is 61.9. The lowest BCUT2D eigenvalue weighted by Gasteiger charge is -2.20. The van der Waals surface area contributed by atoms with Gasteiger partial charge in [0, 0.05) is 12.8 Å². The second-order valence-electron chi connectivity index (χ2n) is 22.5. The molecule has 0 aliphatic rings. The fourth-order valence-corrected chi connectivity index (χ4v) is 10.2. The van der Waals surface area contributed by atoms with Crippen molar-refractivity contribution in [2.24, 2.45) is 0 Å². The van der Waals surface area contributed by atoms with Crippen molar-refractivity contribution in [2.45, 2.75) is 373 Å². The summed E-state index contributed by atoms with van der Waals surface area (Å²) in [5, 5.41) is 23.1. The van der Waals surface area contributed by atoms with Crippen LogP contribution in [0.5, 0.6) is 0 Å². The van der Waals surface area contributed by atoms with Gasteiger partial charge in [-0.25, -0.2) is 0 Å². The first kappa shape index (κ1) is 70.3. The van der Waals surface area contributed by atoms with Crippen molar-refractivity contribution in [1.29, 1.82) is 0 Å². The molecule has 0 aromatic carbocycles. The number of carbonyl (C=O) groups is 2. The molecule has 2 atom stereocenters. The molecule has 0 aliphatic heterocycles. The summed E-state index contributed by atoms with van der Waals surface area (Å²) in [6.07, 6.45) is 76.7. The molecular formula is C66H127NO5. The number of aliphatic hydroxyl groups excluding tert-OH is 2. The van der Waals surface area contributed by atoms with Crippen molar-refractivity contribution in [2.75, 3.05) is 13.2 Å². The molecule has 0 saturated heterocycles. The van der Waals surface area contributed by atoms with Gasteiger partial charge in [-0.05, 0) is 57.8 Å². The zero-order valence-corrected chi connectivity index (χ0v) is 48.7. The third kappa shape index (κ3) is 57.6. The van der Waals surface area contributed by atoms with Crippen molar-refractivity contribution >= 4 is 11.9 Å². The Bertz CT molecular complexity index is 1120. The van der Waals surface area contributed by atoms with E-state index in [9.17, 15) is 19.8 Å². The van der Waals surface area contributed by atoms with Crippen LogP contribution in [0.3, 0.4) is 0 Å². The van der Waals surface area contributed by atoms with Gasteiger partial charge < -0.3 is 20.3 Å². The number of hydrogen-bond donors (Lipinski definition) is 3. The summed E-state index contributed by atoms with van der Waals surface area (Å²) in [6.45, 7) is 4.92. The molecule has 0 aromatic rings. The fourth-order valence-electron chi connectivity index (χ4n) is 10.2. The molecule has 0 bridgehead atoms. The Kier molecular flexibility index (Phi) is 60.5. The van der Waals surface area contributed by atoms with E-state index in [-0.39, 0.29) is 18.5 Å². The second-order valence-corrected chi connectivity index (χ2v) is 22.5. The van der Waals surface area contributed by atoms with Crippen LogP contribution in [-0.2, 0) is 14.3 Å². The molecule has 0 rings (SSSR count). The number of carbonyl (C=O) groups excluding carboxylic acids is 2. The summed E-state index contributed by atoms with van der Waals surface area (Å²) < 4.78 is 5.49. The molecule has 0 fully saturated rings. The number of nitrogens with one attached hydrogen (secondary N) is 1. The molecule has 0 radical (unpaired) electrons. The van der Waals surface area contributed by atoms with Crippen LogP contribution in [0.15, 0.2) is 24.3 Å². The molecule has 0 heterocycles. The minimum absolute atomic E-state index is 0.0187. The van der Waals surface area contributed by atoms with E-state index in [0.29, 0.717) is 19.4 Å². The molecule has 6 nitrogen and oxygen atoms in total. The van der Waals surface area contributed by atoms with Crippen molar-refractivity contribution in [3.63, 3.8) is 0 Å². The van der Waals surface area contributed by atoms with Crippen LogP contribution in [0.25, 0.3) is 0 Å². The van der Waals surface area contributed by atoms with E-state index in [1.54, 1.807) is 6.08 Å². The molecule has 0 spiro atoms. The normalized spacial score (nSPS) is 12.7. The molecule has 0 aromatic heterocycles. The van der Waals surface area contributed by atoms with Crippen LogP contribution in [0.2, 0.25) is 0 Å². The third-order valence-electron chi connectivity index (χ3n) is 15.2. The summed E-state index contributed by atoms with van der Waals surface area (Å²) in [7, 11) is 0. The van der Waals surface area contributed by atoms with Crippen LogP contribution in [0.4, 0.5) is 0 Å². The minimum atomic E-state index is -0.842. The zero-order valence-electron chi connectivity index (χ0n) is 48.7. The zero-order chi connectivity index (χ0) is 52.2. The van der Waals surface area contributed by atoms with Crippen LogP contribution in [-0.4, -0.2) is 47.4 Å². The van der Waals surface area contributed by atoms with Gasteiger partial charge in [0.1, 0.15) is 0 Å². The topological polar surface area (TPSA) is 95.9 Å². The molecule has 72 heavy (non-hydrogen) atoms. The van der Waals surface area contributed by atoms with Crippen LogP contribution in [0, 0.1) is 0 Å².